The van der Waals surface area contributed by atoms with Crippen LogP contribution < -0.4 is 0 Å². The Morgan fingerprint density at radius 3 is 2.83 bits per heavy atom. The molecule has 1 aliphatic heterocycles. The smallest absolute Gasteiger partial charge is 0.273 e. The first-order valence-electron chi connectivity index (χ1n) is 8.32. The van der Waals surface area contributed by atoms with Gasteiger partial charge in [-0.2, -0.15) is 0 Å². The third-order valence-electron chi connectivity index (χ3n) is 4.47. The average molecular weight is 337 g/mol. The van der Waals surface area contributed by atoms with Crippen LogP contribution in [0.5, 0.6) is 0 Å². The van der Waals surface area contributed by atoms with Crippen molar-refractivity contribution in [3.05, 3.63) is 58.9 Å². The number of aromatic nitrogens is 2. The predicted molar refractivity (Wildman–Crippen MR) is 96.2 cm³/mol. The Balaban J connectivity index is 1.69. The summed E-state index contributed by atoms with van der Waals surface area (Å²) in [5.74, 6) is 0.0163. The van der Waals surface area contributed by atoms with Gasteiger partial charge in [-0.25, -0.2) is 9.97 Å². The van der Waals surface area contributed by atoms with Crippen molar-refractivity contribution < 1.29 is 4.79 Å². The highest BCUT2D eigenvalue weighted by molar-refractivity contribution is 7.18. The minimum Gasteiger partial charge on any atom is -0.328 e. The number of amides is 1. The number of rotatable bonds is 2. The number of fused-ring (bicyclic) bond motifs is 1. The fourth-order valence-electron chi connectivity index (χ4n) is 3.27. The van der Waals surface area contributed by atoms with Crippen LogP contribution >= 0.6 is 11.3 Å². The molecular formula is C19H19N3OS. The maximum Gasteiger partial charge on any atom is 0.273 e. The summed E-state index contributed by atoms with van der Waals surface area (Å²) in [6, 6.07) is 13.8. The van der Waals surface area contributed by atoms with Gasteiger partial charge in [-0.05, 0) is 50.5 Å². The number of hydrogen-bond donors (Lipinski definition) is 0. The summed E-state index contributed by atoms with van der Waals surface area (Å²) in [6.45, 7) is 2.69. The van der Waals surface area contributed by atoms with Crippen LogP contribution in [-0.4, -0.2) is 27.3 Å². The van der Waals surface area contributed by atoms with Crippen LogP contribution in [0.1, 0.15) is 46.5 Å². The molecule has 0 radical (unpaired) electrons. The molecule has 1 saturated heterocycles. The normalized spacial score (nSPS) is 18.0. The highest BCUT2D eigenvalue weighted by Gasteiger charge is 2.31. The van der Waals surface area contributed by atoms with Crippen molar-refractivity contribution in [1.82, 2.24) is 14.9 Å². The molecule has 122 valence electrons. The molecule has 0 saturated carbocycles. The standard InChI is InChI=1S/C19H19N3OS/c1-13-7-6-9-15(20-13)19(23)22-12-5-4-10-16(22)18-21-14-8-2-3-11-17(14)24-18/h2-3,6-9,11,16H,4-5,10,12H2,1H3. The predicted octanol–water partition coefficient (Wildman–Crippen LogP) is 4.37. The van der Waals surface area contributed by atoms with E-state index in [1.165, 1.54) is 4.70 Å². The van der Waals surface area contributed by atoms with Crippen molar-refractivity contribution in [2.75, 3.05) is 6.54 Å². The number of hydrogen-bond acceptors (Lipinski definition) is 4. The van der Waals surface area contributed by atoms with E-state index in [1.54, 1.807) is 17.4 Å². The van der Waals surface area contributed by atoms with Crippen LogP contribution in [0.3, 0.4) is 0 Å². The SMILES string of the molecule is Cc1cccc(C(=O)N2CCCCC2c2nc3ccccc3s2)n1. The Labute approximate surface area is 145 Å². The van der Waals surface area contributed by atoms with Crippen LogP contribution in [0.15, 0.2) is 42.5 Å². The first kappa shape index (κ1) is 15.3. The molecule has 3 heterocycles. The van der Waals surface area contributed by atoms with E-state index in [-0.39, 0.29) is 11.9 Å². The van der Waals surface area contributed by atoms with Crippen molar-refractivity contribution >= 4 is 27.5 Å². The molecule has 1 aromatic carbocycles. The van der Waals surface area contributed by atoms with Crippen molar-refractivity contribution in [2.45, 2.75) is 32.2 Å². The zero-order chi connectivity index (χ0) is 16.5. The van der Waals surface area contributed by atoms with Gasteiger partial charge in [-0.15, -0.1) is 11.3 Å². The summed E-state index contributed by atoms with van der Waals surface area (Å²) in [7, 11) is 0. The van der Waals surface area contributed by atoms with E-state index in [1.807, 2.05) is 42.2 Å². The van der Waals surface area contributed by atoms with Gasteiger partial charge in [0.05, 0.1) is 16.3 Å². The lowest BCUT2D eigenvalue weighted by atomic mass is 10.0. The molecule has 1 aliphatic rings. The van der Waals surface area contributed by atoms with Gasteiger partial charge in [0.1, 0.15) is 10.7 Å². The number of carbonyl (C=O) groups is 1. The second kappa shape index (κ2) is 6.32. The van der Waals surface area contributed by atoms with E-state index in [0.717, 1.165) is 42.0 Å². The topological polar surface area (TPSA) is 46.1 Å². The van der Waals surface area contributed by atoms with Crippen LogP contribution in [0, 0.1) is 6.92 Å². The van der Waals surface area contributed by atoms with E-state index in [9.17, 15) is 4.79 Å². The monoisotopic (exact) mass is 337 g/mol. The third kappa shape index (κ3) is 2.80. The minimum atomic E-state index is 0.0163. The maximum absolute atomic E-state index is 13.0. The van der Waals surface area contributed by atoms with E-state index in [2.05, 4.69) is 11.1 Å². The summed E-state index contributed by atoms with van der Waals surface area (Å²) < 4.78 is 1.18. The first-order chi connectivity index (χ1) is 11.7. The molecule has 2 aromatic heterocycles. The number of nitrogens with zero attached hydrogens (tertiary/aromatic N) is 3. The van der Waals surface area contributed by atoms with Gasteiger partial charge in [-0.1, -0.05) is 18.2 Å². The van der Waals surface area contributed by atoms with E-state index in [4.69, 9.17) is 4.98 Å². The number of likely N-dealkylation sites (tertiary alicyclic amines) is 1. The Hall–Kier alpha value is -2.27. The van der Waals surface area contributed by atoms with Crippen LogP contribution in [0.4, 0.5) is 0 Å². The molecule has 0 N–H and O–H groups in total. The lowest BCUT2D eigenvalue weighted by Gasteiger charge is -2.34. The molecule has 0 spiro atoms. The first-order valence-corrected chi connectivity index (χ1v) is 9.14. The van der Waals surface area contributed by atoms with Crippen LogP contribution in [0.2, 0.25) is 0 Å². The van der Waals surface area contributed by atoms with Crippen molar-refractivity contribution in [2.24, 2.45) is 0 Å². The Kier molecular flexibility index (Phi) is 4.02. The Morgan fingerprint density at radius 2 is 2.00 bits per heavy atom. The number of carbonyl (C=O) groups excluding carboxylic acids is 1. The van der Waals surface area contributed by atoms with E-state index in [0.29, 0.717) is 5.69 Å². The number of benzene rings is 1. The Bertz CT molecular complexity index is 856. The zero-order valence-electron chi connectivity index (χ0n) is 13.6. The number of piperidine rings is 1. The third-order valence-corrected chi connectivity index (χ3v) is 5.60. The van der Waals surface area contributed by atoms with Gasteiger partial charge in [0.2, 0.25) is 0 Å². The van der Waals surface area contributed by atoms with Crippen LogP contribution in [-0.2, 0) is 0 Å². The molecule has 5 heteroatoms. The minimum absolute atomic E-state index is 0.0163. The molecule has 4 nitrogen and oxygen atoms in total. The highest BCUT2D eigenvalue weighted by Crippen LogP contribution is 2.36. The summed E-state index contributed by atoms with van der Waals surface area (Å²) in [6.07, 6.45) is 3.14. The summed E-state index contributed by atoms with van der Waals surface area (Å²) >= 11 is 1.70. The second-order valence-corrected chi connectivity index (χ2v) is 7.26. The van der Waals surface area contributed by atoms with Gasteiger partial charge in [0.15, 0.2) is 0 Å². The summed E-state index contributed by atoms with van der Waals surface area (Å²) in [4.78, 5) is 24.1. The molecule has 0 aliphatic carbocycles. The van der Waals surface area contributed by atoms with E-state index >= 15 is 0 Å². The number of pyridine rings is 1. The lowest BCUT2D eigenvalue weighted by molar-refractivity contribution is 0.0605. The fraction of sp³-hybridized carbons (Fsp3) is 0.316. The van der Waals surface area contributed by atoms with Gasteiger partial charge in [-0.3, -0.25) is 4.79 Å². The highest BCUT2D eigenvalue weighted by atomic mass is 32.1. The lowest BCUT2D eigenvalue weighted by Crippen LogP contribution is -2.38. The summed E-state index contributed by atoms with van der Waals surface area (Å²) in [5.41, 5.74) is 2.42. The fourth-order valence-corrected chi connectivity index (χ4v) is 4.39. The molecule has 24 heavy (non-hydrogen) atoms. The largest absolute Gasteiger partial charge is 0.328 e. The maximum atomic E-state index is 13.0. The second-order valence-electron chi connectivity index (χ2n) is 6.19. The van der Waals surface area contributed by atoms with Crippen molar-refractivity contribution in [3.63, 3.8) is 0 Å². The number of aryl methyl sites for hydroxylation is 1. The number of thiazole rings is 1. The molecular weight excluding hydrogens is 318 g/mol. The molecule has 4 rings (SSSR count). The number of para-hydroxylation sites is 1. The molecule has 1 unspecified atom stereocenters. The molecule has 0 bridgehead atoms. The molecule has 1 amide bonds. The molecule has 1 fully saturated rings. The van der Waals surface area contributed by atoms with Gasteiger partial charge in [0.25, 0.3) is 5.91 Å². The quantitative estimate of drug-likeness (QED) is 0.698. The van der Waals surface area contributed by atoms with Crippen molar-refractivity contribution in [3.8, 4) is 0 Å². The average Bonchev–Trinajstić information content (AvgIpc) is 3.05. The van der Waals surface area contributed by atoms with E-state index < -0.39 is 0 Å². The zero-order valence-corrected chi connectivity index (χ0v) is 14.4. The van der Waals surface area contributed by atoms with Gasteiger partial charge in [0, 0.05) is 12.2 Å². The van der Waals surface area contributed by atoms with Crippen LogP contribution in [0.25, 0.3) is 10.2 Å². The Morgan fingerprint density at radius 1 is 1.12 bits per heavy atom. The van der Waals surface area contributed by atoms with Gasteiger partial charge < -0.3 is 4.90 Å². The molecule has 1 atom stereocenters. The van der Waals surface area contributed by atoms with Gasteiger partial charge >= 0.3 is 0 Å². The molecule has 3 aromatic rings. The van der Waals surface area contributed by atoms with Crippen molar-refractivity contribution in [1.29, 1.82) is 0 Å². The summed E-state index contributed by atoms with van der Waals surface area (Å²) in [5, 5.41) is 1.04.